The Morgan fingerprint density at radius 1 is 1.45 bits per heavy atom. The molecule has 1 rings (SSSR count). The first-order valence-corrected chi connectivity index (χ1v) is 3.90. The summed E-state index contributed by atoms with van der Waals surface area (Å²) in [5.74, 6) is 0.393. The van der Waals surface area contributed by atoms with Crippen LogP contribution in [0.2, 0.25) is 0 Å². The Balaban J connectivity index is 2.49. The van der Waals surface area contributed by atoms with Crippen molar-refractivity contribution in [2.45, 2.75) is 19.8 Å². The topological polar surface area (TPSA) is 26.3 Å². The first kappa shape index (κ1) is 8.31. The number of hydrogen-bond acceptors (Lipinski definition) is 2. The molecule has 2 nitrogen and oxygen atoms in total. The van der Waals surface area contributed by atoms with Crippen LogP contribution >= 0.6 is 0 Å². The minimum Gasteiger partial charge on any atom is -0.469 e. The van der Waals surface area contributed by atoms with E-state index in [2.05, 4.69) is 11.3 Å². The van der Waals surface area contributed by atoms with Gasteiger partial charge in [-0.15, -0.1) is 0 Å². The molecule has 0 aromatic carbocycles. The van der Waals surface area contributed by atoms with Gasteiger partial charge in [0.15, 0.2) is 0 Å². The lowest BCUT2D eigenvalue weighted by molar-refractivity contribution is -0.150. The highest BCUT2D eigenvalue weighted by Crippen LogP contribution is 2.39. The zero-order valence-electron chi connectivity index (χ0n) is 7.09. The Morgan fingerprint density at radius 2 is 2.00 bits per heavy atom. The average Bonchev–Trinajstić information content (AvgIpc) is 1.83. The summed E-state index contributed by atoms with van der Waals surface area (Å²) in [6.45, 7) is 5.81. The highest BCUT2D eigenvalue weighted by molar-refractivity contribution is 5.74. The van der Waals surface area contributed by atoms with Crippen LogP contribution < -0.4 is 0 Å². The number of allylic oxidation sites excluding steroid dienone is 1. The summed E-state index contributed by atoms with van der Waals surface area (Å²) in [4.78, 5) is 11.0. The fourth-order valence-electron chi connectivity index (χ4n) is 1.52. The van der Waals surface area contributed by atoms with Crippen LogP contribution in [0.15, 0.2) is 12.2 Å². The lowest BCUT2D eigenvalue weighted by Crippen LogP contribution is -2.34. The smallest absolute Gasteiger partial charge is 0.309 e. The van der Waals surface area contributed by atoms with Gasteiger partial charge < -0.3 is 4.74 Å². The van der Waals surface area contributed by atoms with E-state index in [0.717, 1.165) is 18.4 Å². The van der Waals surface area contributed by atoms with Crippen molar-refractivity contribution >= 4 is 5.97 Å². The molecule has 1 fully saturated rings. The molecule has 0 bridgehead atoms. The molecule has 62 valence electrons. The van der Waals surface area contributed by atoms with E-state index in [1.54, 1.807) is 0 Å². The molecule has 2 heteroatoms. The van der Waals surface area contributed by atoms with Crippen molar-refractivity contribution in [3.63, 3.8) is 0 Å². The maximum Gasteiger partial charge on any atom is 0.309 e. The summed E-state index contributed by atoms with van der Waals surface area (Å²) in [6, 6.07) is 0. The molecule has 1 aliphatic carbocycles. The minimum atomic E-state index is -0.0794. The van der Waals surface area contributed by atoms with Gasteiger partial charge in [0.25, 0.3) is 0 Å². The van der Waals surface area contributed by atoms with Crippen molar-refractivity contribution in [1.29, 1.82) is 0 Å². The van der Waals surface area contributed by atoms with Gasteiger partial charge in [0.2, 0.25) is 0 Å². The standard InChI is InChI=1S/C9H14O2/c1-6(2)7-4-5-8(7)9(10)11-3/h7-8H,1,4-5H2,2-3H3/t7-,8-/m0/s1. The summed E-state index contributed by atoms with van der Waals surface area (Å²) >= 11 is 0. The highest BCUT2D eigenvalue weighted by atomic mass is 16.5. The molecular formula is C9H14O2. The Morgan fingerprint density at radius 3 is 2.27 bits per heavy atom. The van der Waals surface area contributed by atoms with Crippen molar-refractivity contribution in [2.24, 2.45) is 11.8 Å². The van der Waals surface area contributed by atoms with Crippen LogP contribution in [0, 0.1) is 11.8 Å². The van der Waals surface area contributed by atoms with Crippen molar-refractivity contribution in [3.05, 3.63) is 12.2 Å². The maximum atomic E-state index is 11.0. The Kier molecular flexibility index (Phi) is 2.32. The van der Waals surface area contributed by atoms with Crippen molar-refractivity contribution in [3.8, 4) is 0 Å². The molecule has 0 heterocycles. The fraction of sp³-hybridized carbons (Fsp3) is 0.667. The third-order valence-electron chi connectivity index (χ3n) is 2.41. The van der Waals surface area contributed by atoms with Gasteiger partial charge in [-0.2, -0.15) is 0 Å². The molecule has 2 atom stereocenters. The van der Waals surface area contributed by atoms with Crippen molar-refractivity contribution < 1.29 is 9.53 Å². The second kappa shape index (κ2) is 3.07. The Bertz CT molecular complexity index is 184. The molecule has 1 aliphatic rings. The van der Waals surface area contributed by atoms with Crippen LogP contribution in [0.3, 0.4) is 0 Å². The van der Waals surface area contributed by atoms with Crippen molar-refractivity contribution in [2.75, 3.05) is 7.11 Å². The Hall–Kier alpha value is -0.790. The molecule has 0 saturated heterocycles. The van der Waals surface area contributed by atoms with Gasteiger partial charge in [-0.1, -0.05) is 12.2 Å². The predicted octanol–water partition coefficient (Wildman–Crippen LogP) is 1.76. The van der Waals surface area contributed by atoms with Crippen LogP contribution in [0.5, 0.6) is 0 Å². The molecule has 0 N–H and O–H groups in total. The normalized spacial score (nSPS) is 28.9. The zero-order valence-corrected chi connectivity index (χ0v) is 7.09. The van der Waals surface area contributed by atoms with Gasteiger partial charge in [-0.25, -0.2) is 0 Å². The average molecular weight is 154 g/mol. The minimum absolute atomic E-state index is 0.0794. The quantitative estimate of drug-likeness (QED) is 0.447. The van der Waals surface area contributed by atoms with Gasteiger partial charge in [0.1, 0.15) is 0 Å². The zero-order chi connectivity index (χ0) is 8.43. The van der Waals surface area contributed by atoms with Crippen LogP contribution in [0.1, 0.15) is 19.8 Å². The summed E-state index contributed by atoms with van der Waals surface area (Å²) < 4.78 is 4.65. The Labute approximate surface area is 67.2 Å². The highest BCUT2D eigenvalue weighted by Gasteiger charge is 2.37. The van der Waals surface area contributed by atoms with Crippen LogP contribution in [-0.2, 0) is 9.53 Å². The van der Waals surface area contributed by atoms with Crippen molar-refractivity contribution in [1.82, 2.24) is 0 Å². The number of methoxy groups -OCH3 is 1. The van der Waals surface area contributed by atoms with E-state index in [4.69, 9.17) is 0 Å². The molecular weight excluding hydrogens is 140 g/mol. The second-order valence-electron chi connectivity index (χ2n) is 3.16. The van der Waals surface area contributed by atoms with E-state index < -0.39 is 0 Å². The van der Waals surface area contributed by atoms with Gasteiger partial charge in [-0.3, -0.25) is 4.79 Å². The number of esters is 1. The summed E-state index contributed by atoms with van der Waals surface area (Å²) in [6.07, 6.45) is 2.05. The fourth-order valence-corrected chi connectivity index (χ4v) is 1.52. The number of hydrogen-bond donors (Lipinski definition) is 0. The maximum absolute atomic E-state index is 11.0. The summed E-state index contributed by atoms with van der Waals surface area (Å²) in [7, 11) is 1.44. The largest absolute Gasteiger partial charge is 0.469 e. The van der Waals surface area contributed by atoms with Crippen LogP contribution in [0.25, 0.3) is 0 Å². The van der Waals surface area contributed by atoms with E-state index in [1.165, 1.54) is 7.11 Å². The van der Waals surface area contributed by atoms with Gasteiger partial charge in [-0.05, 0) is 25.7 Å². The first-order chi connectivity index (χ1) is 5.16. The molecule has 1 saturated carbocycles. The molecule has 0 aromatic rings. The second-order valence-corrected chi connectivity index (χ2v) is 3.16. The molecule has 0 radical (unpaired) electrons. The molecule has 11 heavy (non-hydrogen) atoms. The predicted molar refractivity (Wildman–Crippen MR) is 43.0 cm³/mol. The van der Waals surface area contributed by atoms with Crippen LogP contribution in [-0.4, -0.2) is 13.1 Å². The van der Waals surface area contributed by atoms with Crippen LogP contribution in [0.4, 0.5) is 0 Å². The van der Waals surface area contributed by atoms with Gasteiger partial charge >= 0.3 is 5.97 Å². The van der Waals surface area contributed by atoms with E-state index in [-0.39, 0.29) is 11.9 Å². The summed E-state index contributed by atoms with van der Waals surface area (Å²) in [5, 5.41) is 0. The number of carbonyl (C=O) groups is 1. The third-order valence-corrected chi connectivity index (χ3v) is 2.41. The van der Waals surface area contributed by atoms with E-state index in [1.807, 2.05) is 6.92 Å². The van der Waals surface area contributed by atoms with E-state index >= 15 is 0 Å². The van der Waals surface area contributed by atoms with E-state index in [9.17, 15) is 4.79 Å². The molecule has 0 unspecified atom stereocenters. The number of carbonyl (C=O) groups excluding carboxylic acids is 1. The van der Waals surface area contributed by atoms with Gasteiger partial charge in [0, 0.05) is 0 Å². The number of ether oxygens (including phenoxy) is 1. The lowest BCUT2D eigenvalue weighted by Gasteiger charge is -2.34. The molecule has 0 aromatic heterocycles. The molecule has 0 amide bonds. The number of rotatable bonds is 2. The first-order valence-electron chi connectivity index (χ1n) is 3.90. The third kappa shape index (κ3) is 1.44. The SMILES string of the molecule is C=C(C)[C@@H]1CC[C@@H]1C(=O)OC. The monoisotopic (exact) mass is 154 g/mol. The summed E-state index contributed by atoms with van der Waals surface area (Å²) in [5.41, 5.74) is 1.10. The van der Waals surface area contributed by atoms with Gasteiger partial charge in [0.05, 0.1) is 13.0 Å². The molecule has 0 aliphatic heterocycles. The molecule has 0 spiro atoms. The lowest BCUT2D eigenvalue weighted by atomic mass is 9.70. The van der Waals surface area contributed by atoms with E-state index in [0.29, 0.717) is 5.92 Å².